The SMILES string of the molecule is [O-][n+]1nc(CCO)nc2ccccc21. The Bertz CT molecular complexity index is 459. The van der Waals surface area contributed by atoms with Crippen LogP contribution in [0.1, 0.15) is 5.82 Å². The average molecular weight is 191 g/mol. The molecule has 0 aliphatic rings. The molecule has 0 bridgehead atoms. The maximum atomic E-state index is 11.4. The standard InChI is InChI=1S/C9H9N3O2/c13-6-5-9-10-7-3-1-2-4-8(7)12(14)11-9/h1-4,13H,5-6H2. The van der Waals surface area contributed by atoms with Crippen molar-refractivity contribution in [1.82, 2.24) is 10.1 Å². The smallest absolute Gasteiger partial charge is 0.270 e. The summed E-state index contributed by atoms with van der Waals surface area (Å²) in [5.74, 6) is 0.362. The monoisotopic (exact) mass is 191 g/mol. The zero-order valence-electron chi connectivity index (χ0n) is 7.42. The summed E-state index contributed by atoms with van der Waals surface area (Å²) in [4.78, 5) is 4.67. The van der Waals surface area contributed by atoms with Crippen molar-refractivity contribution in [1.29, 1.82) is 0 Å². The third-order valence-electron chi connectivity index (χ3n) is 1.88. The summed E-state index contributed by atoms with van der Waals surface area (Å²) in [6, 6.07) is 6.96. The first kappa shape index (κ1) is 8.83. The lowest BCUT2D eigenvalue weighted by molar-refractivity contribution is -0.644. The van der Waals surface area contributed by atoms with Gasteiger partial charge in [-0.05, 0) is 10.9 Å². The Morgan fingerprint density at radius 1 is 1.36 bits per heavy atom. The summed E-state index contributed by atoms with van der Waals surface area (Å²) in [7, 11) is 0. The minimum atomic E-state index is -0.0572. The van der Waals surface area contributed by atoms with Gasteiger partial charge in [0, 0.05) is 17.6 Å². The second kappa shape index (κ2) is 3.55. The molecule has 0 aliphatic carbocycles. The van der Waals surface area contributed by atoms with E-state index in [4.69, 9.17) is 5.11 Å². The summed E-state index contributed by atoms with van der Waals surface area (Å²) >= 11 is 0. The van der Waals surface area contributed by atoms with Crippen LogP contribution in [0, 0.1) is 5.21 Å². The van der Waals surface area contributed by atoms with E-state index in [0.717, 1.165) is 0 Å². The Balaban J connectivity index is 2.60. The molecular weight excluding hydrogens is 182 g/mol. The summed E-state index contributed by atoms with van der Waals surface area (Å²) in [6.45, 7) is -0.0572. The molecule has 1 heterocycles. The van der Waals surface area contributed by atoms with Gasteiger partial charge in [-0.2, -0.15) is 0 Å². The van der Waals surface area contributed by atoms with Crippen molar-refractivity contribution in [3.05, 3.63) is 35.3 Å². The maximum absolute atomic E-state index is 11.4. The highest BCUT2D eigenvalue weighted by Crippen LogP contribution is 2.05. The van der Waals surface area contributed by atoms with Crippen LogP contribution in [0.5, 0.6) is 0 Å². The van der Waals surface area contributed by atoms with E-state index in [9.17, 15) is 5.21 Å². The Morgan fingerprint density at radius 2 is 2.14 bits per heavy atom. The molecule has 1 aromatic carbocycles. The molecule has 0 spiro atoms. The van der Waals surface area contributed by atoms with Gasteiger partial charge in [0.1, 0.15) is 5.52 Å². The van der Waals surface area contributed by atoms with E-state index in [-0.39, 0.29) is 6.61 Å². The molecule has 1 aromatic heterocycles. The van der Waals surface area contributed by atoms with Crippen LogP contribution in [0.25, 0.3) is 11.0 Å². The van der Waals surface area contributed by atoms with Crippen LogP contribution >= 0.6 is 0 Å². The molecule has 0 amide bonds. The van der Waals surface area contributed by atoms with Gasteiger partial charge in [-0.15, -0.1) is 0 Å². The van der Waals surface area contributed by atoms with Crippen LogP contribution in [0.3, 0.4) is 0 Å². The van der Waals surface area contributed by atoms with Crippen LogP contribution in [0.4, 0.5) is 0 Å². The number of nitrogens with zero attached hydrogens (tertiary/aromatic N) is 3. The lowest BCUT2D eigenvalue weighted by Gasteiger charge is -2.00. The molecule has 0 atom stereocenters. The van der Waals surface area contributed by atoms with Gasteiger partial charge in [0.25, 0.3) is 5.52 Å². The fraction of sp³-hybridized carbons (Fsp3) is 0.222. The van der Waals surface area contributed by atoms with Crippen molar-refractivity contribution in [3.8, 4) is 0 Å². The molecule has 1 N–H and O–H groups in total. The summed E-state index contributed by atoms with van der Waals surface area (Å²) < 4.78 is 0. The molecule has 0 aliphatic heterocycles. The predicted molar refractivity (Wildman–Crippen MR) is 49.3 cm³/mol. The van der Waals surface area contributed by atoms with Gasteiger partial charge in [-0.25, -0.2) is 4.98 Å². The first-order valence-electron chi connectivity index (χ1n) is 4.27. The van der Waals surface area contributed by atoms with E-state index in [2.05, 4.69) is 10.1 Å². The molecule has 2 aromatic rings. The van der Waals surface area contributed by atoms with E-state index in [1.54, 1.807) is 24.3 Å². The first-order valence-corrected chi connectivity index (χ1v) is 4.27. The number of fused-ring (bicyclic) bond motifs is 1. The Hall–Kier alpha value is -1.75. The van der Waals surface area contributed by atoms with Crippen LogP contribution in [-0.4, -0.2) is 21.8 Å². The number of para-hydroxylation sites is 2. The Morgan fingerprint density at radius 3 is 2.93 bits per heavy atom. The van der Waals surface area contributed by atoms with Gasteiger partial charge >= 0.3 is 0 Å². The number of benzene rings is 1. The molecule has 2 rings (SSSR count). The predicted octanol–water partition coefficient (Wildman–Crippen LogP) is -0.202. The topological polar surface area (TPSA) is 73.0 Å². The highest BCUT2D eigenvalue weighted by molar-refractivity contribution is 5.70. The van der Waals surface area contributed by atoms with Crippen molar-refractivity contribution < 1.29 is 9.95 Å². The molecule has 5 nitrogen and oxygen atoms in total. The average Bonchev–Trinajstić information content (AvgIpc) is 2.18. The lowest BCUT2D eigenvalue weighted by Crippen LogP contribution is -2.34. The van der Waals surface area contributed by atoms with Gasteiger partial charge in [-0.3, -0.25) is 0 Å². The zero-order valence-corrected chi connectivity index (χ0v) is 7.42. The quantitative estimate of drug-likeness (QED) is 0.527. The van der Waals surface area contributed by atoms with Crippen molar-refractivity contribution >= 4 is 11.0 Å². The lowest BCUT2D eigenvalue weighted by atomic mass is 10.3. The van der Waals surface area contributed by atoms with Crippen molar-refractivity contribution in [2.45, 2.75) is 6.42 Å². The molecule has 0 unspecified atom stereocenters. The van der Waals surface area contributed by atoms with E-state index >= 15 is 0 Å². The highest BCUT2D eigenvalue weighted by atomic mass is 16.5. The molecule has 0 saturated carbocycles. The molecule has 72 valence electrons. The minimum absolute atomic E-state index is 0.0572. The largest absolute Gasteiger partial charge is 0.594 e. The Labute approximate surface area is 80.2 Å². The number of aromatic nitrogens is 3. The maximum Gasteiger partial charge on any atom is 0.270 e. The van der Waals surface area contributed by atoms with Gasteiger partial charge < -0.3 is 10.3 Å². The van der Waals surface area contributed by atoms with Crippen molar-refractivity contribution in [3.63, 3.8) is 0 Å². The third kappa shape index (κ3) is 1.49. The normalized spacial score (nSPS) is 10.6. The second-order valence-electron chi connectivity index (χ2n) is 2.86. The number of rotatable bonds is 2. The molecule has 14 heavy (non-hydrogen) atoms. The van der Waals surface area contributed by atoms with E-state index in [0.29, 0.717) is 28.1 Å². The molecular formula is C9H9N3O2. The summed E-state index contributed by atoms with van der Waals surface area (Å²) in [5.41, 5.74) is 1.04. The van der Waals surface area contributed by atoms with Crippen LogP contribution in [0.2, 0.25) is 0 Å². The van der Waals surface area contributed by atoms with E-state index < -0.39 is 0 Å². The second-order valence-corrected chi connectivity index (χ2v) is 2.86. The number of hydrogen-bond donors (Lipinski definition) is 1. The Kier molecular flexibility index (Phi) is 2.24. The highest BCUT2D eigenvalue weighted by Gasteiger charge is 2.08. The van der Waals surface area contributed by atoms with Gasteiger partial charge in [0.05, 0.1) is 6.61 Å². The first-order chi connectivity index (χ1) is 6.81. The van der Waals surface area contributed by atoms with Crippen LogP contribution in [0.15, 0.2) is 24.3 Å². The number of aliphatic hydroxyl groups excluding tert-OH is 1. The summed E-state index contributed by atoms with van der Waals surface area (Å²) in [6.07, 6.45) is 0.299. The molecule has 0 fully saturated rings. The van der Waals surface area contributed by atoms with E-state index in [1.165, 1.54) is 0 Å². The van der Waals surface area contributed by atoms with E-state index in [1.807, 2.05) is 0 Å². The number of aliphatic hydroxyl groups is 1. The van der Waals surface area contributed by atoms with Gasteiger partial charge in [0.15, 0.2) is 5.82 Å². The minimum Gasteiger partial charge on any atom is -0.594 e. The number of hydrogen-bond acceptors (Lipinski definition) is 4. The third-order valence-corrected chi connectivity index (χ3v) is 1.88. The fourth-order valence-corrected chi connectivity index (χ4v) is 1.25. The zero-order chi connectivity index (χ0) is 9.97. The van der Waals surface area contributed by atoms with Crippen molar-refractivity contribution in [2.24, 2.45) is 0 Å². The van der Waals surface area contributed by atoms with Crippen molar-refractivity contribution in [2.75, 3.05) is 6.61 Å². The van der Waals surface area contributed by atoms with Crippen LogP contribution in [-0.2, 0) is 6.42 Å². The molecule has 0 radical (unpaired) electrons. The summed E-state index contributed by atoms with van der Waals surface area (Å²) in [5, 5.41) is 23.7. The van der Waals surface area contributed by atoms with Gasteiger partial charge in [-0.1, -0.05) is 12.1 Å². The van der Waals surface area contributed by atoms with Crippen LogP contribution < -0.4 is 4.85 Å². The molecule has 5 heteroatoms. The van der Waals surface area contributed by atoms with Gasteiger partial charge in [0.2, 0.25) is 0 Å². The fourth-order valence-electron chi connectivity index (χ4n) is 1.25. The molecule has 0 saturated heterocycles.